The quantitative estimate of drug-likeness (QED) is 0.865. The fourth-order valence-corrected chi connectivity index (χ4v) is 2.11. The molecule has 1 aliphatic rings. The van der Waals surface area contributed by atoms with Crippen LogP contribution in [0, 0.1) is 17.6 Å². The van der Waals surface area contributed by atoms with Crippen LogP contribution in [-0.4, -0.2) is 35.7 Å². The van der Waals surface area contributed by atoms with E-state index in [2.05, 4.69) is 5.32 Å². The highest BCUT2D eigenvalue weighted by Crippen LogP contribution is 2.20. The zero-order chi connectivity index (χ0) is 13.8. The van der Waals surface area contributed by atoms with E-state index in [1.54, 1.807) is 0 Å². The minimum absolute atomic E-state index is 0.119. The molecule has 0 radical (unpaired) electrons. The number of aliphatic hydroxyl groups is 1. The number of benzene rings is 1. The second-order valence-electron chi connectivity index (χ2n) is 4.64. The van der Waals surface area contributed by atoms with Crippen molar-refractivity contribution in [2.45, 2.75) is 12.8 Å². The first-order valence-corrected chi connectivity index (χ1v) is 6.22. The number of anilines is 1. The number of halogens is 2. The Kier molecular flexibility index (Phi) is 4.31. The molecule has 0 aliphatic carbocycles. The van der Waals surface area contributed by atoms with E-state index in [1.807, 2.05) is 0 Å². The third kappa shape index (κ3) is 3.20. The number of hydrogen-bond acceptors (Lipinski definition) is 2. The highest BCUT2D eigenvalue weighted by Gasteiger charge is 2.23. The maximum atomic E-state index is 13.4. The van der Waals surface area contributed by atoms with E-state index in [9.17, 15) is 13.6 Å². The van der Waals surface area contributed by atoms with Gasteiger partial charge in [0.2, 0.25) is 0 Å². The molecule has 0 spiro atoms. The molecule has 1 aromatic rings. The lowest BCUT2D eigenvalue weighted by Gasteiger charge is -2.31. The maximum absolute atomic E-state index is 13.4. The number of aliphatic hydroxyl groups excluding tert-OH is 1. The molecule has 2 amide bonds. The zero-order valence-corrected chi connectivity index (χ0v) is 10.4. The summed E-state index contributed by atoms with van der Waals surface area (Å²) in [5, 5.41) is 11.4. The standard InChI is InChI=1S/C13H16F2N2O2/c14-10-2-1-3-11(12(10)15)16-13(19)17-6-4-9(8-18)5-7-17/h1-3,9,18H,4-8H2,(H,16,19). The molecule has 1 saturated heterocycles. The number of nitrogens with zero attached hydrogens (tertiary/aromatic N) is 1. The molecular weight excluding hydrogens is 254 g/mol. The second kappa shape index (κ2) is 5.97. The van der Waals surface area contributed by atoms with Gasteiger partial charge in [-0.2, -0.15) is 0 Å². The molecule has 1 fully saturated rings. The van der Waals surface area contributed by atoms with Crippen molar-refractivity contribution in [3.05, 3.63) is 29.8 Å². The van der Waals surface area contributed by atoms with Gasteiger partial charge in [0, 0.05) is 19.7 Å². The van der Waals surface area contributed by atoms with Gasteiger partial charge in [-0.3, -0.25) is 0 Å². The van der Waals surface area contributed by atoms with Gasteiger partial charge in [-0.1, -0.05) is 6.07 Å². The Balaban J connectivity index is 1.96. The Labute approximate surface area is 110 Å². The lowest BCUT2D eigenvalue weighted by Crippen LogP contribution is -2.41. The number of carbonyl (C=O) groups is 1. The SMILES string of the molecule is O=C(Nc1cccc(F)c1F)N1CCC(CO)CC1. The summed E-state index contributed by atoms with van der Waals surface area (Å²) in [6.45, 7) is 1.13. The molecule has 1 aromatic carbocycles. The minimum Gasteiger partial charge on any atom is -0.396 e. The molecule has 4 nitrogen and oxygen atoms in total. The molecule has 6 heteroatoms. The summed E-state index contributed by atoms with van der Waals surface area (Å²) in [4.78, 5) is 13.4. The van der Waals surface area contributed by atoms with Crippen LogP contribution in [0.1, 0.15) is 12.8 Å². The van der Waals surface area contributed by atoms with Crippen LogP contribution in [0.15, 0.2) is 18.2 Å². The van der Waals surface area contributed by atoms with E-state index >= 15 is 0 Å². The van der Waals surface area contributed by atoms with Crippen LogP contribution in [0.2, 0.25) is 0 Å². The lowest BCUT2D eigenvalue weighted by atomic mass is 9.98. The molecule has 1 aliphatic heterocycles. The van der Waals surface area contributed by atoms with Crippen LogP contribution in [-0.2, 0) is 0 Å². The number of amides is 2. The highest BCUT2D eigenvalue weighted by molar-refractivity contribution is 5.89. The zero-order valence-electron chi connectivity index (χ0n) is 10.4. The van der Waals surface area contributed by atoms with Crippen molar-refractivity contribution in [1.82, 2.24) is 4.90 Å². The third-order valence-corrected chi connectivity index (χ3v) is 3.35. The summed E-state index contributed by atoms with van der Waals surface area (Å²) in [5.74, 6) is -1.83. The summed E-state index contributed by atoms with van der Waals surface area (Å²) in [6, 6.07) is 3.21. The van der Waals surface area contributed by atoms with E-state index in [-0.39, 0.29) is 18.2 Å². The molecule has 2 rings (SSSR count). The molecule has 0 aromatic heterocycles. The van der Waals surface area contributed by atoms with Crippen molar-refractivity contribution < 1.29 is 18.7 Å². The predicted octanol–water partition coefficient (Wildman–Crippen LogP) is 2.20. The van der Waals surface area contributed by atoms with Gasteiger partial charge in [0.15, 0.2) is 11.6 Å². The van der Waals surface area contributed by atoms with Crippen molar-refractivity contribution in [2.75, 3.05) is 25.0 Å². The predicted molar refractivity (Wildman–Crippen MR) is 66.8 cm³/mol. The maximum Gasteiger partial charge on any atom is 0.321 e. The molecule has 1 heterocycles. The summed E-state index contributed by atoms with van der Waals surface area (Å²) in [5.41, 5.74) is -0.158. The normalized spacial score (nSPS) is 16.5. The molecular formula is C13H16F2N2O2. The van der Waals surface area contributed by atoms with Gasteiger partial charge in [-0.25, -0.2) is 13.6 Å². The molecule has 2 N–H and O–H groups in total. The average Bonchev–Trinajstić information content (AvgIpc) is 2.44. The van der Waals surface area contributed by atoms with Crippen molar-refractivity contribution in [3.63, 3.8) is 0 Å². The summed E-state index contributed by atoms with van der Waals surface area (Å²) < 4.78 is 26.4. The molecule has 104 valence electrons. The molecule has 0 bridgehead atoms. The van der Waals surface area contributed by atoms with Gasteiger partial charge in [0.1, 0.15) is 0 Å². The van der Waals surface area contributed by atoms with E-state index in [1.165, 1.54) is 17.0 Å². The van der Waals surface area contributed by atoms with Crippen LogP contribution < -0.4 is 5.32 Å². The summed E-state index contributed by atoms with van der Waals surface area (Å²) >= 11 is 0. The first kappa shape index (κ1) is 13.7. The van der Waals surface area contributed by atoms with E-state index in [0.29, 0.717) is 13.1 Å². The van der Waals surface area contributed by atoms with E-state index in [0.717, 1.165) is 18.9 Å². The number of urea groups is 1. The number of likely N-dealkylation sites (tertiary alicyclic amines) is 1. The Morgan fingerprint density at radius 1 is 1.37 bits per heavy atom. The van der Waals surface area contributed by atoms with Crippen LogP contribution in [0.4, 0.5) is 19.3 Å². The number of piperidine rings is 1. The first-order valence-electron chi connectivity index (χ1n) is 6.22. The Morgan fingerprint density at radius 2 is 2.05 bits per heavy atom. The van der Waals surface area contributed by atoms with Crippen molar-refractivity contribution in [3.8, 4) is 0 Å². The summed E-state index contributed by atoms with van der Waals surface area (Å²) in [7, 11) is 0. The number of hydrogen-bond donors (Lipinski definition) is 2. The van der Waals surface area contributed by atoms with Crippen molar-refractivity contribution >= 4 is 11.7 Å². The summed E-state index contributed by atoms with van der Waals surface area (Å²) in [6.07, 6.45) is 1.44. The molecule has 0 saturated carbocycles. The van der Waals surface area contributed by atoms with Gasteiger partial charge < -0.3 is 15.3 Å². The van der Waals surface area contributed by atoms with E-state index < -0.39 is 17.7 Å². The van der Waals surface area contributed by atoms with Crippen molar-refractivity contribution in [1.29, 1.82) is 0 Å². The van der Waals surface area contributed by atoms with Gasteiger partial charge >= 0.3 is 6.03 Å². The van der Waals surface area contributed by atoms with E-state index in [4.69, 9.17) is 5.11 Å². The molecule has 19 heavy (non-hydrogen) atoms. The van der Waals surface area contributed by atoms with Crippen molar-refractivity contribution in [2.24, 2.45) is 5.92 Å². The topological polar surface area (TPSA) is 52.6 Å². The van der Waals surface area contributed by atoms with Crippen LogP contribution in [0.3, 0.4) is 0 Å². The Hall–Kier alpha value is -1.69. The second-order valence-corrected chi connectivity index (χ2v) is 4.64. The van der Waals surface area contributed by atoms with Crippen LogP contribution in [0.5, 0.6) is 0 Å². The largest absolute Gasteiger partial charge is 0.396 e. The van der Waals surface area contributed by atoms with Gasteiger partial charge in [0.25, 0.3) is 0 Å². The fourth-order valence-electron chi connectivity index (χ4n) is 2.11. The van der Waals surface area contributed by atoms with Crippen LogP contribution in [0.25, 0.3) is 0 Å². The molecule has 0 unspecified atom stereocenters. The fraction of sp³-hybridized carbons (Fsp3) is 0.462. The highest BCUT2D eigenvalue weighted by atomic mass is 19.2. The van der Waals surface area contributed by atoms with Gasteiger partial charge in [-0.15, -0.1) is 0 Å². The number of rotatable bonds is 2. The Bertz CT molecular complexity index is 460. The average molecular weight is 270 g/mol. The van der Waals surface area contributed by atoms with Gasteiger partial charge in [-0.05, 0) is 30.9 Å². The smallest absolute Gasteiger partial charge is 0.321 e. The number of nitrogens with one attached hydrogen (secondary N) is 1. The van der Waals surface area contributed by atoms with Gasteiger partial charge in [0.05, 0.1) is 5.69 Å². The monoisotopic (exact) mass is 270 g/mol. The molecule has 0 atom stereocenters. The Morgan fingerprint density at radius 3 is 2.68 bits per heavy atom. The van der Waals surface area contributed by atoms with Crippen LogP contribution >= 0.6 is 0 Å². The lowest BCUT2D eigenvalue weighted by molar-refractivity contribution is 0.143. The number of carbonyl (C=O) groups excluding carboxylic acids is 1. The third-order valence-electron chi connectivity index (χ3n) is 3.35. The minimum atomic E-state index is -1.05. The first-order chi connectivity index (χ1) is 9.11.